The van der Waals surface area contributed by atoms with E-state index in [0.29, 0.717) is 25.3 Å². The molecule has 0 saturated heterocycles. The second-order valence-electron chi connectivity index (χ2n) is 9.72. The topological polar surface area (TPSA) is 72.2 Å². The number of hydrogen-bond donors (Lipinski definition) is 2. The molecule has 1 unspecified atom stereocenters. The average Bonchev–Trinajstić information content (AvgIpc) is 2.92. The first-order valence-corrected chi connectivity index (χ1v) is 13.2. The van der Waals surface area contributed by atoms with Gasteiger partial charge in [0.15, 0.2) is 0 Å². The summed E-state index contributed by atoms with van der Waals surface area (Å²) in [4.78, 5) is 23.9. The Morgan fingerprint density at radius 2 is 1.35 bits per heavy atom. The minimum Gasteiger partial charge on any atom is -0.370 e. The zero-order chi connectivity index (χ0) is 25.9. The summed E-state index contributed by atoms with van der Waals surface area (Å²) in [6.07, 6.45) is 5.31. The van der Waals surface area contributed by atoms with Gasteiger partial charge in [-0.3, -0.25) is 9.59 Å². The Balaban J connectivity index is 1.46. The molecule has 2 amide bonds. The van der Waals surface area contributed by atoms with E-state index in [1.165, 1.54) is 22.1 Å². The van der Waals surface area contributed by atoms with Crippen LogP contribution in [-0.4, -0.2) is 18.4 Å². The van der Waals surface area contributed by atoms with Crippen LogP contribution in [0.5, 0.6) is 0 Å². The lowest BCUT2D eigenvalue weighted by Gasteiger charge is -2.20. The molecule has 0 aliphatic heterocycles. The smallest absolute Gasteiger partial charge is 0.224 e. The van der Waals surface area contributed by atoms with Gasteiger partial charge >= 0.3 is 0 Å². The molecule has 0 saturated carbocycles. The van der Waals surface area contributed by atoms with Crippen molar-refractivity contribution < 1.29 is 9.59 Å². The SMILES string of the molecule is NC(=O)CCCCC(Cc1ccc(CC(=O)NCCc2ccccc2)c2ccccc12)c1ccccc1. The maximum atomic E-state index is 12.7. The maximum Gasteiger partial charge on any atom is 0.224 e. The van der Waals surface area contributed by atoms with Crippen LogP contribution < -0.4 is 11.1 Å². The first-order chi connectivity index (χ1) is 18.1. The fraction of sp³-hybridized carbons (Fsp3) is 0.273. The minimum atomic E-state index is -0.234. The summed E-state index contributed by atoms with van der Waals surface area (Å²) in [5.74, 6) is 0.164. The van der Waals surface area contributed by atoms with Crippen LogP contribution in [0.1, 0.15) is 53.9 Å². The number of nitrogens with one attached hydrogen (secondary N) is 1. The molecule has 0 aliphatic carbocycles. The van der Waals surface area contributed by atoms with Crippen molar-refractivity contribution in [2.75, 3.05) is 6.54 Å². The summed E-state index contributed by atoms with van der Waals surface area (Å²) in [6, 6.07) is 33.5. The molecule has 0 fully saturated rings. The molecule has 0 radical (unpaired) electrons. The third-order valence-electron chi connectivity index (χ3n) is 7.00. The van der Waals surface area contributed by atoms with E-state index >= 15 is 0 Å². The van der Waals surface area contributed by atoms with Crippen LogP contribution in [0.2, 0.25) is 0 Å². The van der Waals surface area contributed by atoms with Gasteiger partial charge < -0.3 is 11.1 Å². The van der Waals surface area contributed by atoms with E-state index < -0.39 is 0 Å². The molecular weight excluding hydrogens is 456 g/mol. The van der Waals surface area contributed by atoms with Gasteiger partial charge in [-0.15, -0.1) is 0 Å². The Bertz CT molecular complexity index is 1300. The second kappa shape index (κ2) is 13.4. The van der Waals surface area contributed by atoms with Crippen molar-refractivity contribution >= 4 is 22.6 Å². The van der Waals surface area contributed by atoms with Crippen molar-refractivity contribution in [3.8, 4) is 0 Å². The van der Waals surface area contributed by atoms with Gasteiger partial charge in [0, 0.05) is 13.0 Å². The monoisotopic (exact) mass is 492 g/mol. The van der Waals surface area contributed by atoms with E-state index in [2.05, 4.69) is 72.0 Å². The van der Waals surface area contributed by atoms with Crippen molar-refractivity contribution in [1.29, 1.82) is 0 Å². The van der Waals surface area contributed by atoms with Crippen molar-refractivity contribution in [1.82, 2.24) is 5.32 Å². The Morgan fingerprint density at radius 3 is 2.05 bits per heavy atom. The standard InChI is InChI=1S/C33H36N2O2/c34-32(36)18-10-7-15-27(26-13-5-2-6-14-26)23-28-19-20-29(31-17-9-8-16-30(28)31)24-33(37)35-22-21-25-11-3-1-4-12-25/h1-6,8-9,11-14,16-17,19-20,27H,7,10,15,18,21-24H2,(H2,34,36)(H,35,37). The van der Waals surface area contributed by atoms with Gasteiger partial charge in [0.1, 0.15) is 0 Å². The molecule has 4 nitrogen and oxygen atoms in total. The highest BCUT2D eigenvalue weighted by atomic mass is 16.1. The predicted molar refractivity (Wildman–Crippen MR) is 151 cm³/mol. The normalized spacial score (nSPS) is 11.8. The fourth-order valence-corrected chi connectivity index (χ4v) is 5.05. The van der Waals surface area contributed by atoms with Gasteiger partial charge in [0.25, 0.3) is 0 Å². The van der Waals surface area contributed by atoms with Gasteiger partial charge in [-0.1, -0.05) is 103 Å². The number of fused-ring (bicyclic) bond motifs is 1. The molecule has 3 N–H and O–H groups in total. The van der Waals surface area contributed by atoms with Gasteiger partial charge in [-0.2, -0.15) is 0 Å². The largest absolute Gasteiger partial charge is 0.370 e. The summed E-state index contributed by atoms with van der Waals surface area (Å²) in [7, 11) is 0. The Morgan fingerprint density at radius 1 is 0.730 bits per heavy atom. The van der Waals surface area contributed by atoms with Crippen molar-refractivity contribution in [3.63, 3.8) is 0 Å². The number of unbranched alkanes of at least 4 members (excludes halogenated alkanes) is 1. The molecule has 0 spiro atoms. The third-order valence-corrected chi connectivity index (χ3v) is 7.00. The summed E-state index contributed by atoms with van der Waals surface area (Å²) in [6.45, 7) is 0.632. The zero-order valence-corrected chi connectivity index (χ0v) is 21.4. The van der Waals surface area contributed by atoms with E-state index in [1.54, 1.807) is 0 Å². The number of carbonyl (C=O) groups excluding carboxylic acids is 2. The summed E-state index contributed by atoms with van der Waals surface area (Å²) in [5.41, 5.74) is 10.2. The molecule has 37 heavy (non-hydrogen) atoms. The summed E-state index contributed by atoms with van der Waals surface area (Å²) in [5, 5.41) is 5.42. The molecule has 0 heterocycles. The quantitative estimate of drug-likeness (QED) is 0.221. The molecule has 0 aromatic heterocycles. The van der Waals surface area contributed by atoms with E-state index in [0.717, 1.165) is 43.1 Å². The van der Waals surface area contributed by atoms with E-state index in [1.807, 2.05) is 30.3 Å². The van der Waals surface area contributed by atoms with Crippen LogP contribution in [0.4, 0.5) is 0 Å². The first kappa shape index (κ1) is 26.2. The number of amides is 2. The molecule has 0 bridgehead atoms. The molecule has 4 heteroatoms. The highest BCUT2D eigenvalue weighted by Crippen LogP contribution is 2.31. The number of rotatable bonds is 13. The number of carbonyl (C=O) groups is 2. The number of primary amides is 1. The lowest BCUT2D eigenvalue weighted by atomic mass is 9.85. The van der Waals surface area contributed by atoms with Gasteiger partial charge in [-0.25, -0.2) is 0 Å². The number of hydrogen-bond acceptors (Lipinski definition) is 2. The summed E-state index contributed by atoms with van der Waals surface area (Å²) < 4.78 is 0. The van der Waals surface area contributed by atoms with Gasteiger partial charge in [0.05, 0.1) is 6.42 Å². The van der Waals surface area contributed by atoms with Crippen molar-refractivity contribution in [2.45, 2.75) is 50.9 Å². The molecule has 190 valence electrons. The predicted octanol–water partition coefficient (Wildman–Crippen LogP) is 6.11. The lowest BCUT2D eigenvalue weighted by molar-refractivity contribution is -0.120. The van der Waals surface area contributed by atoms with Crippen LogP contribution >= 0.6 is 0 Å². The number of benzene rings is 4. The van der Waals surface area contributed by atoms with E-state index in [-0.39, 0.29) is 11.8 Å². The second-order valence-corrected chi connectivity index (χ2v) is 9.72. The lowest BCUT2D eigenvalue weighted by Crippen LogP contribution is -2.27. The molecular formula is C33H36N2O2. The minimum absolute atomic E-state index is 0.0467. The first-order valence-electron chi connectivity index (χ1n) is 13.2. The van der Waals surface area contributed by atoms with Crippen LogP contribution in [-0.2, 0) is 28.9 Å². The molecule has 4 aromatic rings. The maximum absolute atomic E-state index is 12.7. The van der Waals surface area contributed by atoms with Crippen LogP contribution in [0.15, 0.2) is 97.1 Å². The van der Waals surface area contributed by atoms with Crippen LogP contribution in [0.3, 0.4) is 0 Å². The Kier molecular flexibility index (Phi) is 9.47. The Hall–Kier alpha value is -3.92. The molecule has 0 aliphatic rings. The highest BCUT2D eigenvalue weighted by Gasteiger charge is 2.16. The van der Waals surface area contributed by atoms with E-state index in [4.69, 9.17) is 5.73 Å². The zero-order valence-electron chi connectivity index (χ0n) is 21.4. The third kappa shape index (κ3) is 7.78. The Labute approximate surface area is 219 Å². The van der Waals surface area contributed by atoms with Crippen molar-refractivity contribution in [3.05, 3.63) is 119 Å². The van der Waals surface area contributed by atoms with Gasteiger partial charge in [-0.05, 0) is 64.6 Å². The highest BCUT2D eigenvalue weighted by molar-refractivity contribution is 5.92. The number of nitrogens with two attached hydrogens (primary N) is 1. The van der Waals surface area contributed by atoms with Crippen LogP contribution in [0, 0.1) is 0 Å². The summed E-state index contributed by atoms with van der Waals surface area (Å²) >= 11 is 0. The van der Waals surface area contributed by atoms with Crippen LogP contribution in [0.25, 0.3) is 10.8 Å². The molecule has 4 rings (SSSR count). The van der Waals surface area contributed by atoms with E-state index in [9.17, 15) is 9.59 Å². The van der Waals surface area contributed by atoms with Gasteiger partial charge in [0.2, 0.25) is 11.8 Å². The molecule has 4 aromatic carbocycles. The fourth-order valence-electron chi connectivity index (χ4n) is 5.05. The molecule has 1 atom stereocenters. The average molecular weight is 493 g/mol. The van der Waals surface area contributed by atoms with Crippen molar-refractivity contribution in [2.24, 2.45) is 5.73 Å².